The fraction of sp³-hybridized carbons (Fsp3) is 0.412. The second kappa shape index (κ2) is 8.48. The minimum absolute atomic E-state index is 0.0972. The standard InChI is InChI=1S/C17H20N4O6S/c1-26-16-10-18-11-17(19-16)27-14-7-5-12(6-8-14)20-28(24,25)15-4-2-3-13(9-15)21(22)23/h2-4,9-12,14,20H,5-8H2,1H3. The number of methoxy groups -OCH3 is 1. The van der Waals surface area contributed by atoms with Gasteiger partial charge in [-0.3, -0.25) is 15.1 Å². The summed E-state index contributed by atoms with van der Waals surface area (Å²) in [7, 11) is -2.34. The van der Waals surface area contributed by atoms with Crippen LogP contribution in [0.1, 0.15) is 25.7 Å². The number of nitrogens with one attached hydrogen (secondary N) is 1. The van der Waals surface area contributed by atoms with E-state index in [1.165, 1.54) is 37.7 Å². The Morgan fingerprint density at radius 3 is 2.57 bits per heavy atom. The maximum Gasteiger partial charge on any atom is 0.270 e. The molecule has 3 rings (SSSR count). The molecule has 28 heavy (non-hydrogen) atoms. The van der Waals surface area contributed by atoms with Crippen molar-refractivity contribution in [3.8, 4) is 11.8 Å². The van der Waals surface area contributed by atoms with Gasteiger partial charge in [0.1, 0.15) is 6.10 Å². The largest absolute Gasteiger partial charge is 0.480 e. The molecule has 0 aliphatic heterocycles. The van der Waals surface area contributed by atoms with Crippen molar-refractivity contribution in [2.75, 3.05) is 7.11 Å². The lowest BCUT2D eigenvalue weighted by molar-refractivity contribution is -0.385. The molecular formula is C17H20N4O6S. The lowest BCUT2D eigenvalue weighted by Gasteiger charge is -2.29. The van der Waals surface area contributed by atoms with Crippen LogP contribution in [0, 0.1) is 10.1 Å². The Balaban J connectivity index is 1.57. The maximum absolute atomic E-state index is 12.5. The number of hydrogen-bond donors (Lipinski definition) is 1. The summed E-state index contributed by atoms with van der Waals surface area (Å²) in [5.74, 6) is 0.718. The molecule has 2 aromatic rings. The predicted octanol–water partition coefficient (Wildman–Crippen LogP) is 2.06. The lowest BCUT2D eigenvalue weighted by atomic mass is 9.94. The molecule has 150 valence electrons. The van der Waals surface area contributed by atoms with E-state index >= 15 is 0 Å². The first-order valence-corrected chi connectivity index (χ1v) is 10.1. The van der Waals surface area contributed by atoms with Gasteiger partial charge in [0.15, 0.2) is 0 Å². The minimum Gasteiger partial charge on any atom is -0.480 e. The summed E-state index contributed by atoms with van der Waals surface area (Å²) < 4.78 is 38.5. The summed E-state index contributed by atoms with van der Waals surface area (Å²) in [4.78, 5) is 18.3. The minimum atomic E-state index is -3.84. The summed E-state index contributed by atoms with van der Waals surface area (Å²) in [6.45, 7) is 0. The highest BCUT2D eigenvalue weighted by atomic mass is 32.2. The van der Waals surface area contributed by atoms with Gasteiger partial charge in [0.05, 0.1) is 29.3 Å². The second-order valence-corrected chi connectivity index (χ2v) is 8.08. The van der Waals surface area contributed by atoms with E-state index < -0.39 is 14.9 Å². The fourth-order valence-corrected chi connectivity index (χ4v) is 4.35. The first-order valence-electron chi connectivity index (χ1n) is 8.67. The van der Waals surface area contributed by atoms with Crippen molar-refractivity contribution in [3.05, 3.63) is 46.8 Å². The fourth-order valence-electron chi connectivity index (χ4n) is 3.01. The average Bonchev–Trinajstić information content (AvgIpc) is 2.69. The number of nitrogens with zero attached hydrogens (tertiary/aromatic N) is 3. The predicted molar refractivity (Wildman–Crippen MR) is 98.7 cm³/mol. The van der Waals surface area contributed by atoms with Gasteiger partial charge in [0.2, 0.25) is 21.8 Å². The highest BCUT2D eigenvalue weighted by Crippen LogP contribution is 2.25. The van der Waals surface area contributed by atoms with Gasteiger partial charge in [-0.25, -0.2) is 13.1 Å². The zero-order valence-corrected chi connectivity index (χ0v) is 16.0. The van der Waals surface area contributed by atoms with E-state index in [1.807, 2.05) is 0 Å². The molecular weight excluding hydrogens is 388 g/mol. The van der Waals surface area contributed by atoms with E-state index in [4.69, 9.17) is 9.47 Å². The van der Waals surface area contributed by atoms with Crippen LogP contribution in [-0.2, 0) is 10.0 Å². The summed E-state index contributed by atoms with van der Waals surface area (Å²) in [6, 6.07) is 4.74. The number of aromatic nitrogens is 2. The van der Waals surface area contributed by atoms with Crippen LogP contribution in [0.4, 0.5) is 5.69 Å². The van der Waals surface area contributed by atoms with Gasteiger partial charge < -0.3 is 9.47 Å². The third-order valence-corrected chi connectivity index (χ3v) is 5.94. The van der Waals surface area contributed by atoms with Gasteiger partial charge >= 0.3 is 0 Å². The van der Waals surface area contributed by atoms with Crippen molar-refractivity contribution in [1.29, 1.82) is 0 Å². The molecule has 0 saturated heterocycles. The first kappa shape index (κ1) is 20.0. The maximum atomic E-state index is 12.5. The molecule has 0 atom stereocenters. The monoisotopic (exact) mass is 408 g/mol. The Morgan fingerprint density at radius 1 is 1.18 bits per heavy atom. The third-order valence-electron chi connectivity index (χ3n) is 4.42. The molecule has 1 aromatic heterocycles. The first-order chi connectivity index (χ1) is 13.4. The molecule has 1 aliphatic rings. The number of sulfonamides is 1. The number of hydrogen-bond acceptors (Lipinski definition) is 8. The SMILES string of the molecule is COc1cncc(OC2CCC(NS(=O)(=O)c3cccc([N+](=O)[O-])c3)CC2)n1. The van der Waals surface area contributed by atoms with Crippen LogP contribution in [0.3, 0.4) is 0 Å². The average molecular weight is 408 g/mol. The zero-order chi connectivity index (χ0) is 20.1. The van der Waals surface area contributed by atoms with Crippen LogP contribution < -0.4 is 14.2 Å². The third kappa shape index (κ3) is 4.93. The highest BCUT2D eigenvalue weighted by molar-refractivity contribution is 7.89. The van der Waals surface area contributed by atoms with Crippen molar-refractivity contribution >= 4 is 15.7 Å². The normalized spacial score (nSPS) is 19.8. The summed E-state index contributed by atoms with van der Waals surface area (Å²) in [5, 5.41) is 10.9. The Morgan fingerprint density at radius 2 is 1.89 bits per heavy atom. The van der Waals surface area contributed by atoms with Gasteiger partial charge in [-0.1, -0.05) is 6.07 Å². The van der Waals surface area contributed by atoms with Crippen molar-refractivity contribution in [3.63, 3.8) is 0 Å². The Labute approximate surface area is 162 Å². The van der Waals surface area contributed by atoms with Crippen LogP contribution in [0.2, 0.25) is 0 Å². The number of nitro benzene ring substituents is 1. The Bertz CT molecular complexity index is 944. The van der Waals surface area contributed by atoms with Crippen LogP contribution in [0.5, 0.6) is 11.8 Å². The number of nitro groups is 1. The van der Waals surface area contributed by atoms with Crippen LogP contribution in [0.25, 0.3) is 0 Å². The van der Waals surface area contributed by atoms with Crippen molar-refractivity contribution in [2.45, 2.75) is 42.7 Å². The molecule has 0 amide bonds. The highest BCUT2D eigenvalue weighted by Gasteiger charge is 2.27. The summed E-state index contributed by atoms with van der Waals surface area (Å²) in [6.07, 6.45) is 5.32. The summed E-state index contributed by atoms with van der Waals surface area (Å²) >= 11 is 0. The number of ether oxygens (including phenoxy) is 2. The molecule has 1 fully saturated rings. The van der Waals surface area contributed by atoms with E-state index in [1.54, 1.807) is 0 Å². The molecule has 10 nitrogen and oxygen atoms in total. The van der Waals surface area contributed by atoms with Crippen LogP contribution >= 0.6 is 0 Å². The molecule has 1 heterocycles. The van der Waals surface area contributed by atoms with E-state index in [0.717, 1.165) is 6.07 Å². The molecule has 1 N–H and O–H groups in total. The molecule has 1 saturated carbocycles. The van der Waals surface area contributed by atoms with Crippen molar-refractivity contribution in [1.82, 2.24) is 14.7 Å². The van der Waals surface area contributed by atoms with E-state index in [0.29, 0.717) is 37.4 Å². The zero-order valence-electron chi connectivity index (χ0n) is 15.1. The van der Waals surface area contributed by atoms with E-state index in [9.17, 15) is 18.5 Å². The summed E-state index contributed by atoms with van der Waals surface area (Å²) in [5.41, 5.74) is -0.264. The Hall–Kier alpha value is -2.79. The van der Waals surface area contributed by atoms with E-state index in [2.05, 4.69) is 14.7 Å². The topological polar surface area (TPSA) is 134 Å². The van der Waals surface area contributed by atoms with Gasteiger partial charge in [-0.05, 0) is 31.7 Å². The smallest absolute Gasteiger partial charge is 0.270 e. The van der Waals surface area contributed by atoms with Gasteiger partial charge in [0.25, 0.3) is 5.69 Å². The quantitative estimate of drug-likeness (QED) is 0.543. The van der Waals surface area contributed by atoms with E-state index in [-0.39, 0.29) is 22.7 Å². The van der Waals surface area contributed by atoms with Gasteiger partial charge in [-0.2, -0.15) is 4.98 Å². The molecule has 0 unspecified atom stereocenters. The lowest BCUT2D eigenvalue weighted by Crippen LogP contribution is -2.39. The van der Waals surface area contributed by atoms with Gasteiger partial charge in [-0.15, -0.1) is 0 Å². The molecule has 1 aromatic carbocycles. The number of benzene rings is 1. The van der Waals surface area contributed by atoms with Crippen LogP contribution in [-0.4, -0.2) is 42.6 Å². The molecule has 1 aliphatic carbocycles. The second-order valence-electron chi connectivity index (χ2n) is 6.37. The van der Waals surface area contributed by atoms with Crippen molar-refractivity contribution < 1.29 is 22.8 Å². The number of non-ortho nitro benzene ring substituents is 1. The molecule has 0 bridgehead atoms. The molecule has 0 spiro atoms. The molecule has 11 heteroatoms. The Kier molecular flexibility index (Phi) is 6.05. The van der Waals surface area contributed by atoms with Gasteiger partial charge in [0, 0.05) is 18.2 Å². The van der Waals surface area contributed by atoms with Crippen LogP contribution in [0.15, 0.2) is 41.6 Å². The van der Waals surface area contributed by atoms with Crippen molar-refractivity contribution in [2.24, 2.45) is 0 Å². The number of rotatable bonds is 7. The molecule has 0 radical (unpaired) electrons.